The van der Waals surface area contributed by atoms with Crippen molar-refractivity contribution in [2.75, 3.05) is 13.6 Å². The summed E-state index contributed by atoms with van der Waals surface area (Å²) < 4.78 is 22.0. The lowest BCUT2D eigenvalue weighted by Crippen LogP contribution is -2.46. The van der Waals surface area contributed by atoms with Gasteiger partial charge in [-0.15, -0.1) is 10.2 Å². The van der Waals surface area contributed by atoms with E-state index in [1.54, 1.807) is 41.3 Å². The maximum Gasteiger partial charge on any atom is 0.233 e. The van der Waals surface area contributed by atoms with E-state index in [2.05, 4.69) is 20.2 Å². The third-order valence-corrected chi connectivity index (χ3v) is 5.70. The lowest BCUT2D eigenvalue weighted by Gasteiger charge is -2.31. The third kappa shape index (κ3) is 2.80. The third-order valence-electron chi connectivity index (χ3n) is 5.70. The van der Waals surface area contributed by atoms with Crippen LogP contribution < -0.4 is 4.74 Å². The maximum absolute atomic E-state index is 14.5. The fraction of sp³-hybridized carbons (Fsp3) is 0.350. The van der Waals surface area contributed by atoms with Crippen LogP contribution in [0.2, 0.25) is 0 Å². The first-order valence-electron chi connectivity index (χ1n) is 9.28. The van der Waals surface area contributed by atoms with Crippen LogP contribution in [0.3, 0.4) is 0 Å². The number of phenolic OH excluding ortho intramolecular Hbond substituents is 1. The average molecular weight is 381 g/mol. The normalized spacial score (nSPS) is 26.6. The van der Waals surface area contributed by atoms with Crippen LogP contribution >= 0.6 is 0 Å². The SMILES string of the molecule is CN1CC2CC1[C@@H](F)[C@H]2Oc1ccc(-c2ccc(-n3cccn3)cc2O)nn1. The first kappa shape index (κ1) is 17.1. The van der Waals surface area contributed by atoms with E-state index in [0.29, 0.717) is 17.1 Å². The minimum absolute atomic E-state index is 0.0625. The van der Waals surface area contributed by atoms with Gasteiger partial charge in [-0.05, 0) is 37.7 Å². The Kier molecular flexibility index (Phi) is 4.01. The number of aromatic nitrogens is 4. The van der Waals surface area contributed by atoms with Crippen LogP contribution in [0.15, 0.2) is 48.8 Å². The molecule has 3 aromatic rings. The van der Waals surface area contributed by atoms with E-state index in [1.807, 2.05) is 19.2 Å². The van der Waals surface area contributed by atoms with Crippen LogP contribution in [0.1, 0.15) is 6.42 Å². The number of alkyl halides is 1. The molecule has 1 aliphatic heterocycles. The average Bonchev–Trinajstić information content (AvgIpc) is 3.41. The molecular formula is C20H20FN5O2. The number of benzene rings is 1. The molecule has 1 N–H and O–H groups in total. The van der Waals surface area contributed by atoms with Crippen LogP contribution in [0, 0.1) is 5.92 Å². The summed E-state index contributed by atoms with van der Waals surface area (Å²) >= 11 is 0. The molecule has 2 unspecified atom stereocenters. The highest BCUT2D eigenvalue weighted by atomic mass is 19.1. The molecular weight excluding hydrogens is 361 g/mol. The van der Waals surface area contributed by atoms with E-state index in [0.717, 1.165) is 18.7 Å². The largest absolute Gasteiger partial charge is 0.507 e. The second-order valence-corrected chi connectivity index (χ2v) is 7.44. The van der Waals surface area contributed by atoms with Gasteiger partial charge in [-0.2, -0.15) is 5.10 Å². The molecule has 2 aromatic heterocycles. The van der Waals surface area contributed by atoms with Crippen LogP contribution in [0.25, 0.3) is 16.9 Å². The van der Waals surface area contributed by atoms with Crippen LogP contribution in [-0.4, -0.2) is 61.9 Å². The van der Waals surface area contributed by atoms with Gasteiger partial charge in [-0.25, -0.2) is 9.07 Å². The highest BCUT2D eigenvalue weighted by Gasteiger charge is 2.52. The van der Waals surface area contributed by atoms with Gasteiger partial charge in [-0.3, -0.25) is 4.90 Å². The Hall–Kier alpha value is -3.00. The molecule has 0 spiro atoms. The predicted molar refractivity (Wildman–Crippen MR) is 100 cm³/mol. The Labute approximate surface area is 161 Å². The van der Waals surface area contributed by atoms with E-state index >= 15 is 0 Å². The molecule has 144 valence electrons. The summed E-state index contributed by atoms with van der Waals surface area (Å²) in [6.45, 7) is 0.845. The van der Waals surface area contributed by atoms with Gasteiger partial charge in [0.2, 0.25) is 5.88 Å². The molecule has 3 heterocycles. The van der Waals surface area contributed by atoms with Gasteiger partial charge in [0.25, 0.3) is 0 Å². The van der Waals surface area contributed by atoms with Crippen molar-refractivity contribution in [2.45, 2.75) is 24.7 Å². The van der Waals surface area contributed by atoms with Crippen molar-refractivity contribution in [1.29, 1.82) is 0 Å². The number of phenols is 1. The zero-order valence-electron chi connectivity index (χ0n) is 15.3. The van der Waals surface area contributed by atoms with Crippen molar-refractivity contribution in [3.63, 3.8) is 0 Å². The predicted octanol–water partition coefficient (Wildman–Crippen LogP) is 2.45. The highest BCUT2D eigenvalue weighted by molar-refractivity contribution is 5.68. The summed E-state index contributed by atoms with van der Waals surface area (Å²) in [7, 11) is 1.95. The van der Waals surface area contributed by atoms with Gasteiger partial charge in [0, 0.05) is 48.6 Å². The maximum atomic E-state index is 14.5. The van der Waals surface area contributed by atoms with Gasteiger partial charge < -0.3 is 9.84 Å². The number of nitrogens with zero attached hydrogens (tertiary/aromatic N) is 5. The second-order valence-electron chi connectivity index (χ2n) is 7.44. The molecule has 1 saturated carbocycles. The molecule has 1 aromatic carbocycles. The van der Waals surface area contributed by atoms with Crippen molar-refractivity contribution in [3.05, 3.63) is 48.8 Å². The summed E-state index contributed by atoms with van der Waals surface area (Å²) in [6, 6.07) is 10.4. The van der Waals surface area contributed by atoms with Crippen LogP contribution in [0.4, 0.5) is 4.39 Å². The molecule has 2 aliphatic rings. The highest BCUT2D eigenvalue weighted by Crippen LogP contribution is 2.40. The minimum Gasteiger partial charge on any atom is -0.507 e. The fourth-order valence-corrected chi connectivity index (χ4v) is 4.29. The standard InChI is InChI=1S/C20H20FN5O2/c1-25-11-12-9-16(25)19(21)20(12)28-18-6-5-15(23-24-18)14-4-3-13(10-17(14)27)26-8-2-7-22-26/h2-8,10,12,16,19-20,27H,9,11H2,1H3/t12?,16?,19-,20+/m1/s1. The summed E-state index contributed by atoms with van der Waals surface area (Å²) in [5.41, 5.74) is 1.82. The van der Waals surface area contributed by atoms with Crippen molar-refractivity contribution >= 4 is 0 Å². The van der Waals surface area contributed by atoms with E-state index < -0.39 is 12.3 Å². The summed E-state index contributed by atoms with van der Waals surface area (Å²) in [4.78, 5) is 2.06. The number of hydrogen-bond donors (Lipinski definition) is 1. The molecule has 5 rings (SSSR count). The van der Waals surface area contributed by atoms with E-state index in [9.17, 15) is 9.50 Å². The Balaban J connectivity index is 1.33. The van der Waals surface area contributed by atoms with Gasteiger partial charge in [0.15, 0.2) is 6.17 Å². The minimum atomic E-state index is -1.01. The van der Waals surface area contributed by atoms with Crippen molar-refractivity contribution in [2.24, 2.45) is 5.92 Å². The molecule has 2 bridgehead atoms. The van der Waals surface area contributed by atoms with Gasteiger partial charge >= 0.3 is 0 Å². The zero-order valence-corrected chi connectivity index (χ0v) is 15.3. The van der Waals surface area contributed by atoms with E-state index in [4.69, 9.17) is 4.74 Å². The van der Waals surface area contributed by atoms with E-state index in [-0.39, 0.29) is 17.7 Å². The number of aromatic hydroxyl groups is 1. The Morgan fingerprint density at radius 1 is 1.21 bits per heavy atom. The number of halogens is 1. The molecule has 8 heteroatoms. The quantitative estimate of drug-likeness (QED) is 0.748. The molecule has 2 fully saturated rings. The lowest BCUT2D eigenvalue weighted by molar-refractivity contribution is 0.0220. The first-order chi connectivity index (χ1) is 13.6. The van der Waals surface area contributed by atoms with Crippen LogP contribution in [0.5, 0.6) is 11.6 Å². The van der Waals surface area contributed by atoms with Gasteiger partial charge in [0.05, 0.1) is 11.4 Å². The van der Waals surface area contributed by atoms with Gasteiger partial charge in [0.1, 0.15) is 11.9 Å². The van der Waals surface area contributed by atoms with Crippen molar-refractivity contribution < 1.29 is 14.2 Å². The number of ether oxygens (including phenoxy) is 1. The first-order valence-corrected chi connectivity index (χ1v) is 9.28. The monoisotopic (exact) mass is 381 g/mol. The molecule has 0 radical (unpaired) electrons. The van der Waals surface area contributed by atoms with Crippen LogP contribution in [-0.2, 0) is 0 Å². The molecule has 7 nitrogen and oxygen atoms in total. The number of fused-ring (bicyclic) bond motifs is 2. The number of rotatable bonds is 4. The Morgan fingerprint density at radius 3 is 2.75 bits per heavy atom. The van der Waals surface area contributed by atoms with Gasteiger partial charge in [-0.1, -0.05) is 0 Å². The topological polar surface area (TPSA) is 76.3 Å². The number of hydrogen-bond acceptors (Lipinski definition) is 6. The fourth-order valence-electron chi connectivity index (χ4n) is 4.29. The number of likely N-dealkylation sites (tertiary alicyclic amines) is 1. The summed E-state index contributed by atoms with van der Waals surface area (Å²) in [5.74, 6) is 0.570. The molecule has 1 saturated heterocycles. The van der Waals surface area contributed by atoms with E-state index in [1.165, 1.54) is 0 Å². The Morgan fingerprint density at radius 2 is 2.11 bits per heavy atom. The molecule has 28 heavy (non-hydrogen) atoms. The molecule has 4 atom stereocenters. The van der Waals surface area contributed by atoms with Crippen molar-refractivity contribution in [3.8, 4) is 28.6 Å². The Bertz CT molecular complexity index is 977. The molecule has 0 amide bonds. The molecule has 1 aliphatic carbocycles. The van der Waals surface area contributed by atoms with Crippen molar-refractivity contribution in [1.82, 2.24) is 24.9 Å². The second kappa shape index (κ2) is 6.56. The zero-order chi connectivity index (χ0) is 19.3. The summed E-state index contributed by atoms with van der Waals surface area (Å²) in [6.07, 6.45) is 2.81. The number of piperidine rings is 1. The smallest absolute Gasteiger partial charge is 0.233 e. The summed E-state index contributed by atoms with van der Waals surface area (Å²) in [5, 5.41) is 22.8. The lowest BCUT2D eigenvalue weighted by atomic mass is 10.1.